The van der Waals surface area contributed by atoms with Gasteiger partial charge in [-0.3, -0.25) is 14.7 Å². The van der Waals surface area contributed by atoms with Crippen molar-refractivity contribution >= 4 is 34.4 Å². The van der Waals surface area contributed by atoms with Gasteiger partial charge in [-0.1, -0.05) is 23.7 Å². The average Bonchev–Trinajstić information content (AvgIpc) is 2.76. The lowest BCUT2D eigenvalue weighted by atomic mass is 10.2. The Labute approximate surface area is 117 Å². The van der Waals surface area contributed by atoms with Crippen LogP contribution in [0.25, 0.3) is 16.9 Å². The number of benzene rings is 1. The number of rotatable bonds is 2. The van der Waals surface area contributed by atoms with Crippen LogP contribution in [-0.2, 0) is 0 Å². The fraction of sp³-hybridized carbons (Fsp3) is 0. The molecular formula is C11H7ClN6O2. The van der Waals surface area contributed by atoms with Gasteiger partial charge in [0.15, 0.2) is 10.8 Å². The third kappa shape index (κ3) is 1.74. The third-order valence-corrected chi connectivity index (χ3v) is 3.03. The summed E-state index contributed by atoms with van der Waals surface area (Å²) in [6.07, 6.45) is 1.25. The van der Waals surface area contributed by atoms with Crippen molar-refractivity contribution in [2.45, 2.75) is 0 Å². The van der Waals surface area contributed by atoms with E-state index in [1.807, 2.05) is 0 Å². The molecule has 0 saturated carbocycles. The van der Waals surface area contributed by atoms with Crippen LogP contribution in [0, 0.1) is 10.1 Å². The van der Waals surface area contributed by atoms with E-state index in [4.69, 9.17) is 17.3 Å². The lowest BCUT2D eigenvalue weighted by molar-refractivity contribution is -0.384. The number of nitro benzene ring substituents is 1. The van der Waals surface area contributed by atoms with Gasteiger partial charge in [0, 0.05) is 6.07 Å². The van der Waals surface area contributed by atoms with E-state index in [9.17, 15) is 10.1 Å². The summed E-state index contributed by atoms with van der Waals surface area (Å²) in [5.41, 5.74) is 6.58. The molecule has 9 heteroatoms. The van der Waals surface area contributed by atoms with Gasteiger partial charge in [-0.05, 0) is 6.07 Å². The number of fused-ring (bicyclic) bond motifs is 1. The first kappa shape index (κ1) is 12.3. The van der Waals surface area contributed by atoms with Gasteiger partial charge in [0.05, 0.1) is 4.92 Å². The van der Waals surface area contributed by atoms with Crippen LogP contribution >= 0.6 is 11.6 Å². The molecule has 20 heavy (non-hydrogen) atoms. The maximum absolute atomic E-state index is 11.1. The highest BCUT2D eigenvalue weighted by molar-refractivity contribution is 6.33. The molecule has 0 aliphatic heterocycles. The Morgan fingerprint density at radius 3 is 2.80 bits per heavy atom. The predicted octanol–water partition coefficient (Wildman–Crippen LogP) is 1.96. The molecule has 0 fully saturated rings. The smallest absolute Gasteiger partial charge is 0.293 e. The topological polar surface area (TPSA) is 113 Å². The van der Waals surface area contributed by atoms with E-state index >= 15 is 0 Å². The van der Waals surface area contributed by atoms with Crippen molar-refractivity contribution in [2.24, 2.45) is 0 Å². The Morgan fingerprint density at radius 2 is 2.05 bits per heavy atom. The summed E-state index contributed by atoms with van der Waals surface area (Å²) in [6, 6.07) is 6.15. The van der Waals surface area contributed by atoms with Crippen LogP contribution in [-0.4, -0.2) is 24.4 Å². The average molecular weight is 291 g/mol. The standard InChI is InChI=1S/C11H7ClN6O2/c12-9-8-10(15-5-14-9)16-11(13)17(8)6-3-1-2-4-7(6)18(19)20/h1-5H,(H2,13,14,15,16). The van der Waals surface area contributed by atoms with E-state index in [1.165, 1.54) is 17.0 Å². The van der Waals surface area contributed by atoms with E-state index < -0.39 is 4.92 Å². The van der Waals surface area contributed by atoms with Crippen LogP contribution < -0.4 is 5.73 Å². The van der Waals surface area contributed by atoms with Crippen LogP contribution in [0.5, 0.6) is 0 Å². The Hall–Kier alpha value is -2.74. The molecule has 0 atom stereocenters. The summed E-state index contributed by atoms with van der Waals surface area (Å²) in [7, 11) is 0. The van der Waals surface area contributed by atoms with E-state index in [-0.39, 0.29) is 28.1 Å². The highest BCUT2D eigenvalue weighted by Gasteiger charge is 2.21. The highest BCUT2D eigenvalue weighted by atomic mass is 35.5. The number of hydrogen-bond donors (Lipinski definition) is 1. The minimum absolute atomic E-state index is 0.0525. The number of para-hydroxylation sites is 2. The number of hydrogen-bond acceptors (Lipinski definition) is 6. The summed E-state index contributed by atoms with van der Waals surface area (Å²) in [6.45, 7) is 0. The quantitative estimate of drug-likeness (QED) is 0.438. The summed E-state index contributed by atoms with van der Waals surface area (Å²) in [4.78, 5) is 22.4. The monoisotopic (exact) mass is 290 g/mol. The molecule has 2 aromatic heterocycles. The Morgan fingerprint density at radius 1 is 1.30 bits per heavy atom. The maximum atomic E-state index is 11.1. The molecule has 0 spiro atoms. The first-order valence-corrected chi connectivity index (χ1v) is 5.85. The van der Waals surface area contributed by atoms with Crippen LogP contribution in [0.2, 0.25) is 5.15 Å². The van der Waals surface area contributed by atoms with Crippen LogP contribution in [0.15, 0.2) is 30.6 Å². The second-order valence-corrected chi connectivity index (χ2v) is 4.25. The second-order valence-electron chi connectivity index (χ2n) is 3.89. The van der Waals surface area contributed by atoms with E-state index in [2.05, 4.69) is 15.0 Å². The van der Waals surface area contributed by atoms with Crippen molar-refractivity contribution in [1.82, 2.24) is 19.5 Å². The van der Waals surface area contributed by atoms with E-state index in [0.29, 0.717) is 5.52 Å². The molecule has 1 aromatic carbocycles. The van der Waals surface area contributed by atoms with Gasteiger partial charge < -0.3 is 5.73 Å². The molecule has 2 heterocycles. The molecule has 100 valence electrons. The van der Waals surface area contributed by atoms with E-state index in [1.54, 1.807) is 18.2 Å². The number of nitrogen functional groups attached to an aromatic ring is 1. The van der Waals surface area contributed by atoms with Crippen molar-refractivity contribution < 1.29 is 4.92 Å². The lowest BCUT2D eigenvalue weighted by Gasteiger charge is -2.07. The van der Waals surface area contributed by atoms with Gasteiger partial charge in [-0.2, -0.15) is 4.98 Å². The van der Waals surface area contributed by atoms with Crippen molar-refractivity contribution in [3.63, 3.8) is 0 Å². The summed E-state index contributed by atoms with van der Waals surface area (Å²) < 4.78 is 1.37. The fourth-order valence-corrected chi connectivity index (χ4v) is 2.16. The molecule has 0 bridgehead atoms. The summed E-state index contributed by atoms with van der Waals surface area (Å²) in [5, 5.41) is 11.2. The normalized spacial score (nSPS) is 10.8. The molecule has 2 N–H and O–H groups in total. The first-order valence-electron chi connectivity index (χ1n) is 5.48. The molecular weight excluding hydrogens is 284 g/mol. The molecule has 3 aromatic rings. The Balaban J connectivity index is 2.41. The number of aromatic nitrogens is 4. The Kier molecular flexibility index (Phi) is 2.72. The summed E-state index contributed by atoms with van der Waals surface area (Å²) >= 11 is 6.02. The first-order chi connectivity index (χ1) is 9.59. The largest absolute Gasteiger partial charge is 0.369 e. The molecule has 0 unspecified atom stereocenters. The van der Waals surface area contributed by atoms with Crippen LogP contribution in [0.1, 0.15) is 0 Å². The van der Waals surface area contributed by atoms with Crippen LogP contribution in [0.4, 0.5) is 11.6 Å². The molecule has 8 nitrogen and oxygen atoms in total. The SMILES string of the molecule is Nc1nc2ncnc(Cl)c2n1-c1ccccc1[N+](=O)[O-]. The highest BCUT2D eigenvalue weighted by Crippen LogP contribution is 2.30. The number of anilines is 1. The molecule has 0 aliphatic rings. The van der Waals surface area contributed by atoms with E-state index in [0.717, 1.165) is 0 Å². The van der Waals surface area contributed by atoms with Crippen LogP contribution in [0.3, 0.4) is 0 Å². The molecule has 0 radical (unpaired) electrons. The molecule has 0 saturated heterocycles. The maximum Gasteiger partial charge on any atom is 0.293 e. The van der Waals surface area contributed by atoms with Crippen molar-refractivity contribution in [3.8, 4) is 5.69 Å². The predicted molar refractivity (Wildman–Crippen MR) is 72.7 cm³/mol. The van der Waals surface area contributed by atoms with Crippen molar-refractivity contribution in [3.05, 3.63) is 45.9 Å². The van der Waals surface area contributed by atoms with Crippen molar-refractivity contribution in [1.29, 1.82) is 0 Å². The Bertz CT molecular complexity index is 831. The van der Waals surface area contributed by atoms with Gasteiger partial charge in [0.25, 0.3) is 5.69 Å². The lowest BCUT2D eigenvalue weighted by Crippen LogP contribution is -2.04. The molecule has 3 rings (SSSR count). The third-order valence-electron chi connectivity index (χ3n) is 2.75. The van der Waals surface area contributed by atoms with Gasteiger partial charge in [0.1, 0.15) is 17.5 Å². The van der Waals surface area contributed by atoms with Crippen molar-refractivity contribution in [2.75, 3.05) is 5.73 Å². The zero-order chi connectivity index (χ0) is 14.3. The second kappa shape index (κ2) is 4.42. The molecule has 0 amide bonds. The summed E-state index contributed by atoms with van der Waals surface area (Å²) in [5.74, 6) is 0.0525. The van der Waals surface area contributed by atoms with Gasteiger partial charge in [-0.25, -0.2) is 9.97 Å². The zero-order valence-electron chi connectivity index (χ0n) is 9.89. The number of nitrogens with zero attached hydrogens (tertiary/aromatic N) is 5. The number of nitro groups is 1. The number of halogens is 1. The minimum atomic E-state index is -0.502. The minimum Gasteiger partial charge on any atom is -0.369 e. The number of nitrogens with two attached hydrogens (primary N) is 1. The van der Waals surface area contributed by atoms with Gasteiger partial charge in [-0.15, -0.1) is 0 Å². The molecule has 0 aliphatic carbocycles. The van der Waals surface area contributed by atoms with Gasteiger partial charge in [0.2, 0.25) is 5.95 Å². The fourth-order valence-electron chi connectivity index (χ4n) is 1.95. The van der Waals surface area contributed by atoms with Gasteiger partial charge >= 0.3 is 0 Å². The zero-order valence-corrected chi connectivity index (χ0v) is 10.7. The number of imidazole rings is 1.